The van der Waals surface area contributed by atoms with Crippen LogP contribution in [0.15, 0.2) is 18.3 Å². The quantitative estimate of drug-likeness (QED) is 0.913. The van der Waals surface area contributed by atoms with Crippen LogP contribution in [0.2, 0.25) is 0 Å². The van der Waals surface area contributed by atoms with Crippen LogP contribution in [0.4, 0.5) is 5.82 Å². The standard InChI is InChI=1S/C16H24N6O/c1-11(2)21-15(5-6-17-21)18-16(23)10-20-8-14(9-20)22-13(4)7-12(3)19-22/h5-7,11,14H,8-10H2,1-4H3,(H,18,23). The number of amides is 1. The minimum absolute atomic E-state index is 0.000724. The predicted octanol–water partition coefficient (Wildman–Crippen LogP) is 1.77. The van der Waals surface area contributed by atoms with Crippen molar-refractivity contribution < 1.29 is 4.79 Å². The number of anilines is 1. The fraction of sp³-hybridized carbons (Fsp3) is 0.562. The van der Waals surface area contributed by atoms with Crippen molar-refractivity contribution in [2.24, 2.45) is 0 Å². The average Bonchev–Trinajstić information content (AvgIpc) is 3.00. The van der Waals surface area contributed by atoms with E-state index in [2.05, 4.69) is 38.1 Å². The first-order valence-corrected chi connectivity index (χ1v) is 8.02. The van der Waals surface area contributed by atoms with Crippen LogP contribution >= 0.6 is 0 Å². The van der Waals surface area contributed by atoms with Gasteiger partial charge in [-0.15, -0.1) is 0 Å². The number of nitrogens with zero attached hydrogens (tertiary/aromatic N) is 5. The van der Waals surface area contributed by atoms with E-state index >= 15 is 0 Å². The summed E-state index contributed by atoms with van der Waals surface area (Å²) in [6.07, 6.45) is 1.71. The normalized spacial score (nSPS) is 15.9. The Bertz CT molecular complexity index is 695. The second-order valence-electron chi connectivity index (χ2n) is 6.52. The lowest BCUT2D eigenvalue weighted by Gasteiger charge is -2.39. The molecular formula is C16H24N6O. The van der Waals surface area contributed by atoms with Gasteiger partial charge in [-0.3, -0.25) is 14.4 Å². The molecule has 0 aliphatic carbocycles. The van der Waals surface area contributed by atoms with E-state index in [4.69, 9.17) is 0 Å². The Morgan fingerprint density at radius 2 is 2.13 bits per heavy atom. The third-order valence-electron chi connectivity index (χ3n) is 4.12. The molecule has 0 atom stereocenters. The number of rotatable bonds is 5. The Balaban J connectivity index is 1.51. The maximum Gasteiger partial charge on any atom is 0.239 e. The van der Waals surface area contributed by atoms with Crippen molar-refractivity contribution in [2.75, 3.05) is 25.0 Å². The Morgan fingerprint density at radius 1 is 1.39 bits per heavy atom. The van der Waals surface area contributed by atoms with E-state index in [0.717, 1.165) is 24.6 Å². The van der Waals surface area contributed by atoms with Crippen LogP contribution in [0.25, 0.3) is 0 Å². The molecule has 23 heavy (non-hydrogen) atoms. The molecule has 124 valence electrons. The molecule has 0 aromatic carbocycles. The van der Waals surface area contributed by atoms with Gasteiger partial charge >= 0.3 is 0 Å². The molecule has 1 N–H and O–H groups in total. The average molecular weight is 316 g/mol. The van der Waals surface area contributed by atoms with Gasteiger partial charge in [0, 0.05) is 30.9 Å². The lowest BCUT2D eigenvalue weighted by Crippen LogP contribution is -2.51. The minimum Gasteiger partial charge on any atom is -0.310 e. The molecular weight excluding hydrogens is 292 g/mol. The third kappa shape index (κ3) is 3.29. The number of carbonyl (C=O) groups excluding carboxylic acids is 1. The maximum atomic E-state index is 12.2. The van der Waals surface area contributed by atoms with Crippen molar-refractivity contribution in [3.63, 3.8) is 0 Å². The molecule has 7 nitrogen and oxygen atoms in total. The van der Waals surface area contributed by atoms with Crippen LogP contribution in [-0.2, 0) is 4.79 Å². The van der Waals surface area contributed by atoms with Gasteiger partial charge in [0.25, 0.3) is 0 Å². The molecule has 3 heterocycles. The summed E-state index contributed by atoms with van der Waals surface area (Å²) in [5.74, 6) is 0.750. The molecule has 2 aromatic rings. The molecule has 0 spiro atoms. The summed E-state index contributed by atoms with van der Waals surface area (Å²) in [5, 5.41) is 11.7. The molecule has 0 bridgehead atoms. The van der Waals surface area contributed by atoms with Gasteiger partial charge in [0.15, 0.2) is 0 Å². The van der Waals surface area contributed by atoms with E-state index in [9.17, 15) is 4.79 Å². The van der Waals surface area contributed by atoms with Crippen molar-refractivity contribution in [3.05, 3.63) is 29.7 Å². The lowest BCUT2D eigenvalue weighted by molar-refractivity contribution is -0.118. The van der Waals surface area contributed by atoms with Gasteiger partial charge in [-0.05, 0) is 33.8 Å². The van der Waals surface area contributed by atoms with E-state index in [1.54, 1.807) is 6.20 Å². The number of aromatic nitrogens is 4. The van der Waals surface area contributed by atoms with Crippen molar-refractivity contribution in [1.82, 2.24) is 24.5 Å². The molecule has 0 saturated carbocycles. The summed E-state index contributed by atoms with van der Waals surface area (Å²) in [5.41, 5.74) is 2.22. The minimum atomic E-state index is -0.000724. The van der Waals surface area contributed by atoms with Gasteiger partial charge in [0.1, 0.15) is 5.82 Å². The topological polar surface area (TPSA) is 68.0 Å². The molecule has 1 fully saturated rings. The van der Waals surface area contributed by atoms with Gasteiger partial charge in [-0.1, -0.05) is 0 Å². The van der Waals surface area contributed by atoms with Crippen LogP contribution < -0.4 is 5.32 Å². The highest BCUT2D eigenvalue weighted by atomic mass is 16.2. The SMILES string of the molecule is Cc1cc(C)n(C2CN(CC(=O)Nc3ccnn3C(C)C)C2)n1. The summed E-state index contributed by atoms with van der Waals surface area (Å²) in [7, 11) is 0. The van der Waals surface area contributed by atoms with Crippen LogP contribution in [0.3, 0.4) is 0 Å². The fourth-order valence-electron chi connectivity index (χ4n) is 3.05. The van der Waals surface area contributed by atoms with Gasteiger partial charge in [-0.25, -0.2) is 4.68 Å². The molecule has 2 aromatic heterocycles. The second-order valence-corrected chi connectivity index (χ2v) is 6.52. The van der Waals surface area contributed by atoms with E-state index in [0.29, 0.717) is 12.6 Å². The smallest absolute Gasteiger partial charge is 0.239 e. The first kappa shape index (κ1) is 15.7. The van der Waals surface area contributed by atoms with Crippen molar-refractivity contribution in [1.29, 1.82) is 0 Å². The molecule has 7 heteroatoms. The van der Waals surface area contributed by atoms with Crippen LogP contribution in [0.1, 0.15) is 37.3 Å². The summed E-state index contributed by atoms with van der Waals surface area (Å²) in [4.78, 5) is 14.3. The highest BCUT2D eigenvalue weighted by Gasteiger charge is 2.31. The molecule has 3 rings (SSSR count). The Hall–Kier alpha value is -2.15. The second kappa shape index (κ2) is 6.16. The Kier molecular flexibility index (Phi) is 4.21. The van der Waals surface area contributed by atoms with Gasteiger partial charge < -0.3 is 5.32 Å². The van der Waals surface area contributed by atoms with E-state index in [1.165, 1.54) is 5.69 Å². The van der Waals surface area contributed by atoms with Crippen LogP contribution in [0, 0.1) is 13.8 Å². The number of carbonyl (C=O) groups is 1. The summed E-state index contributed by atoms with van der Waals surface area (Å²) < 4.78 is 3.88. The first-order valence-electron chi connectivity index (χ1n) is 8.02. The number of aryl methyl sites for hydroxylation is 2. The van der Waals surface area contributed by atoms with Gasteiger partial charge in [0.2, 0.25) is 5.91 Å². The van der Waals surface area contributed by atoms with E-state index in [1.807, 2.05) is 31.5 Å². The lowest BCUT2D eigenvalue weighted by atomic mass is 10.1. The molecule has 1 aliphatic heterocycles. The largest absolute Gasteiger partial charge is 0.310 e. The number of hydrogen-bond acceptors (Lipinski definition) is 4. The van der Waals surface area contributed by atoms with Crippen LogP contribution in [0.5, 0.6) is 0 Å². The number of nitrogens with one attached hydrogen (secondary N) is 1. The third-order valence-corrected chi connectivity index (χ3v) is 4.12. The molecule has 0 radical (unpaired) electrons. The summed E-state index contributed by atoms with van der Waals surface area (Å²) in [6.45, 7) is 10.3. The van der Waals surface area contributed by atoms with Gasteiger partial charge in [0.05, 0.1) is 24.5 Å². The predicted molar refractivity (Wildman–Crippen MR) is 88.4 cm³/mol. The number of likely N-dealkylation sites (tertiary alicyclic amines) is 1. The highest BCUT2D eigenvalue weighted by Crippen LogP contribution is 2.22. The Morgan fingerprint density at radius 3 is 2.74 bits per heavy atom. The number of hydrogen-bond donors (Lipinski definition) is 1. The van der Waals surface area contributed by atoms with Crippen molar-refractivity contribution in [3.8, 4) is 0 Å². The summed E-state index contributed by atoms with van der Waals surface area (Å²) >= 11 is 0. The molecule has 1 amide bonds. The van der Waals surface area contributed by atoms with Crippen molar-refractivity contribution in [2.45, 2.75) is 39.8 Å². The van der Waals surface area contributed by atoms with Gasteiger partial charge in [-0.2, -0.15) is 10.2 Å². The molecule has 0 unspecified atom stereocenters. The highest BCUT2D eigenvalue weighted by molar-refractivity contribution is 5.91. The first-order chi connectivity index (χ1) is 10.9. The summed E-state index contributed by atoms with van der Waals surface area (Å²) in [6, 6.07) is 4.51. The fourth-order valence-corrected chi connectivity index (χ4v) is 3.05. The zero-order valence-corrected chi connectivity index (χ0v) is 14.2. The Labute approximate surface area is 136 Å². The van der Waals surface area contributed by atoms with Crippen molar-refractivity contribution >= 4 is 11.7 Å². The van der Waals surface area contributed by atoms with Crippen LogP contribution in [-0.4, -0.2) is 50.0 Å². The van der Waals surface area contributed by atoms with E-state index in [-0.39, 0.29) is 11.9 Å². The molecule has 1 saturated heterocycles. The van der Waals surface area contributed by atoms with E-state index < -0.39 is 0 Å². The maximum absolute atomic E-state index is 12.2. The monoisotopic (exact) mass is 316 g/mol. The molecule has 1 aliphatic rings. The zero-order chi connectivity index (χ0) is 16.6. The zero-order valence-electron chi connectivity index (χ0n) is 14.2.